The molecule has 2 heterocycles. The van der Waals surface area contributed by atoms with Gasteiger partial charge in [-0.1, -0.05) is 6.92 Å². The molecule has 3 amide bonds. The molecule has 0 aromatic carbocycles. The number of carbonyl (C=O) groups is 3. The van der Waals surface area contributed by atoms with Crippen molar-refractivity contribution < 1.29 is 14.4 Å². The van der Waals surface area contributed by atoms with E-state index in [2.05, 4.69) is 5.32 Å². The molecule has 23 heavy (non-hydrogen) atoms. The Morgan fingerprint density at radius 2 is 1.91 bits per heavy atom. The van der Waals surface area contributed by atoms with Crippen LogP contribution in [0.4, 0.5) is 0 Å². The summed E-state index contributed by atoms with van der Waals surface area (Å²) in [5, 5.41) is 3.04. The molecular formula is C17H29N3O3. The number of nitrogens with one attached hydrogen (secondary N) is 1. The van der Waals surface area contributed by atoms with Crippen LogP contribution in [0.15, 0.2) is 0 Å². The van der Waals surface area contributed by atoms with Crippen molar-refractivity contribution in [2.24, 2.45) is 5.92 Å². The third-order valence-corrected chi connectivity index (χ3v) is 4.78. The van der Waals surface area contributed by atoms with Gasteiger partial charge in [0.05, 0.1) is 5.92 Å². The highest BCUT2D eigenvalue weighted by atomic mass is 16.2. The van der Waals surface area contributed by atoms with E-state index in [1.807, 2.05) is 25.7 Å². The van der Waals surface area contributed by atoms with Crippen LogP contribution in [0.5, 0.6) is 0 Å². The largest absolute Gasteiger partial charge is 0.353 e. The first-order chi connectivity index (χ1) is 10.9. The van der Waals surface area contributed by atoms with Crippen molar-refractivity contribution in [3.8, 4) is 0 Å². The Morgan fingerprint density at radius 1 is 1.26 bits per heavy atom. The van der Waals surface area contributed by atoms with Crippen LogP contribution in [0.3, 0.4) is 0 Å². The van der Waals surface area contributed by atoms with Gasteiger partial charge in [-0.15, -0.1) is 0 Å². The number of piperidine rings is 1. The first-order valence-electron chi connectivity index (χ1n) is 8.80. The normalized spacial score (nSPS) is 22.8. The Morgan fingerprint density at radius 3 is 2.43 bits per heavy atom. The van der Waals surface area contributed by atoms with E-state index in [1.165, 1.54) is 0 Å². The molecule has 2 aliphatic heterocycles. The molecule has 2 rings (SSSR count). The number of amides is 3. The van der Waals surface area contributed by atoms with E-state index in [9.17, 15) is 14.4 Å². The number of hydrogen-bond acceptors (Lipinski definition) is 3. The summed E-state index contributed by atoms with van der Waals surface area (Å²) in [6.45, 7) is 7.84. The van der Waals surface area contributed by atoms with Gasteiger partial charge >= 0.3 is 0 Å². The number of nitrogens with zero attached hydrogens (tertiary/aromatic N) is 2. The zero-order valence-corrected chi connectivity index (χ0v) is 14.5. The Labute approximate surface area is 138 Å². The molecule has 1 N–H and O–H groups in total. The van der Waals surface area contributed by atoms with Crippen molar-refractivity contribution in [2.45, 2.75) is 65.0 Å². The molecule has 2 fully saturated rings. The van der Waals surface area contributed by atoms with Crippen LogP contribution in [0, 0.1) is 5.92 Å². The van der Waals surface area contributed by atoms with E-state index in [4.69, 9.17) is 0 Å². The molecule has 0 aromatic rings. The van der Waals surface area contributed by atoms with Crippen molar-refractivity contribution in [1.29, 1.82) is 0 Å². The zero-order valence-electron chi connectivity index (χ0n) is 14.5. The standard InChI is InChI=1S/C17H29N3O3/c1-4-5-15(21)18-14-6-8-19(9-7-14)17(23)13-10-16(22)20(11-13)12(2)3/h12-14H,4-11H2,1-3H3,(H,18,21). The Bertz CT molecular complexity index is 456. The van der Waals surface area contributed by atoms with Crippen molar-refractivity contribution in [2.75, 3.05) is 19.6 Å². The molecule has 1 atom stereocenters. The number of hydrogen-bond donors (Lipinski definition) is 1. The SMILES string of the molecule is CCCC(=O)NC1CCN(C(=O)C2CC(=O)N(C(C)C)C2)CC1. The minimum Gasteiger partial charge on any atom is -0.353 e. The third-order valence-electron chi connectivity index (χ3n) is 4.78. The summed E-state index contributed by atoms with van der Waals surface area (Å²) in [5.41, 5.74) is 0. The van der Waals surface area contributed by atoms with Crippen LogP contribution in [0.2, 0.25) is 0 Å². The minimum atomic E-state index is -0.198. The minimum absolute atomic E-state index is 0.0834. The summed E-state index contributed by atoms with van der Waals surface area (Å²) >= 11 is 0. The average molecular weight is 323 g/mol. The van der Waals surface area contributed by atoms with Crippen molar-refractivity contribution >= 4 is 17.7 Å². The molecule has 130 valence electrons. The van der Waals surface area contributed by atoms with Gasteiger partial charge in [0.2, 0.25) is 17.7 Å². The molecule has 0 aromatic heterocycles. The van der Waals surface area contributed by atoms with Crippen LogP contribution in [-0.4, -0.2) is 59.2 Å². The molecule has 0 aliphatic carbocycles. The lowest BCUT2D eigenvalue weighted by Gasteiger charge is -2.34. The van der Waals surface area contributed by atoms with E-state index in [0.717, 1.165) is 19.3 Å². The maximum atomic E-state index is 12.6. The van der Waals surface area contributed by atoms with Crippen molar-refractivity contribution in [3.05, 3.63) is 0 Å². The van der Waals surface area contributed by atoms with Crippen LogP contribution in [-0.2, 0) is 14.4 Å². The summed E-state index contributed by atoms with van der Waals surface area (Å²) in [5.74, 6) is 0.0854. The van der Waals surface area contributed by atoms with Gasteiger partial charge < -0.3 is 15.1 Å². The summed E-state index contributed by atoms with van der Waals surface area (Å²) in [6, 6.07) is 0.329. The second-order valence-electron chi connectivity index (χ2n) is 6.96. The second-order valence-corrected chi connectivity index (χ2v) is 6.96. The third kappa shape index (κ3) is 4.45. The summed E-state index contributed by atoms with van der Waals surface area (Å²) in [4.78, 5) is 39.9. The Balaban J connectivity index is 1.80. The molecule has 6 heteroatoms. The van der Waals surface area contributed by atoms with Gasteiger partial charge in [-0.2, -0.15) is 0 Å². The fourth-order valence-electron chi connectivity index (χ4n) is 3.43. The highest BCUT2D eigenvalue weighted by Gasteiger charge is 2.38. The zero-order chi connectivity index (χ0) is 17.0. The lowest BCUT2D eigenvalue weighted by molar-refractivity contribution is -0.137. The molecule has 2 aliphatic rings. The molecule has 6 nitrogen and oxygen atoms in total. The number of rotatable bonds is 5. The lowest BCUT2D eigenvalue weighted by Crippen LogP contribution is -2.48. The van der Waals surface area contributed by atoms with Crippen LogP contribution in [0.1, 0.15) is 52.9 Å². The maximum absolute atomic E-state index is 12.6. The van der Waals surface area contributed by atoms with Crippen molar-refractivity contribution in [1.82, 2.24) is 15.1 Å². The van der Waals surface area contributed by atoms with Crippen LogP contribution >= 0.6 is 0 Å². The molecule has 1 unspecified atom stereocenters. The van der Waals surface area contributed by atoms with Gasteiger partial charge in [-0.25, -0.2) is 0 Å². The van der Waals surface area contributed by atoms with Crippen molar-refractivity contribution in [3.63, 3.8) is 0 Å². The van der Waals surface area contributed by atoms with E-state index >= 15 is 0 Å². The number of carbonyl (C=O) groups excluding carboxylic acids is 3. The lowest BCUT2D eigenvalue weighted by atomic mass is 10.0. The molecule has 0 spiro atoms. The van der Waals surface area contributed by atoms with E-state index in [0.29, 0.717) is 32.5 Å². The quantitative estimate of drug-likeness (QED) is 0.825. The highest BCUT2D eigenvalue weighted by Crippen LogP contribution is 2.23. The average Bonchev–Trinajstić information content (AvgIpc) is 2.89. The van der Waals surface area contributed by atoms with E-state index in [1.54, 1.807) is 4.90 Å². The topological polar surface area (TPSA) is 69.7 Å². The monoisotopic (exact) mass is 323 g/mol. The first-order valence-corrected chi connectivity index (χ1v) is 8.80. The molecule has 2 saturated heterocycles. The highest BCUT2D eigenvalue weighted by molar-refractivity contribution is 5.89. The molecule has 0 radical (unpaired) electrons. The van der Waals surface area contributed by atoms with Gasteiger partial charge in [0.25, 0.3) is 0 Å². The Kier molecular flexibility index (Phi) is 6.02. The smallest absolute Gasteiger partial charge is 0.227 e. The van der Waals surface area contributed by atoms with Gasteiger partial charge in [-0.05, 0) is 33.1 Å². The van der Waals surface area contributed by atoms with Crippen LogP contribution in [0.25, 0.3) is 0 Å². The van der Waals surface area contributed by atoms with E-state index in [-0.39, 0.29) is 35.7 Å². The summed E-state index contributed by atoms with van der Waals surface area (Å²) < 4.78 is 0. The number of likely N-dealkylation sites (tertiary alicyclic amines) is 2. The van der Waals surface area contributed by atoms with Gasteiger partial charge in [0.1, 0.15) is 0 Å². The predicted molar refractivity (Wildman–Crippen MR) is 87.6 cm³/mol. The van der Waals surface area contributed by atoms with E-state index < -0.39 is 0 Å². The van der Waals surface area contributed by atoms with Gasteiger partial charge in [0, 0.05) is 44.6 Å². The fourth-order valence-corrected chi connectivity index (χ4v) is 3.43. The first kappa shape index (κ1) is 17.8. The van der Waals surface area contributed by atoms with Crippen LogP contribution < -0.4 is 5.32 Å². The Hall–Kier alpha value is -1.59. The predicted octanol–water partition coefficient (Wildman–Crippen LogP) is 1.15. The molecule has 0 saturated carbocycles. The molecule has 0 bridgehead atoms. The second kappa shape index (κ2) is 7.79. The van der Waals surface area contributed by atoms with Gasteiger partial charge in [0.15, 0.2) is 0 Å². The maximum Gasteiger partial charge on any atom is 0.227 e. The molecular weight excluding hydrogens is 294 g/mol. The fraction of sp³-hybridized carbons (Fsp3) is 0.824. The summed E-state index contributed by atoms with van der Waals surface area (Å²) in [6.07, 6.45) is 3.36. The summed E-state index contributed by atoms with van der Waals surface area (Å²) in [7, 11) is 0. The van der Waals surface area contributed by atoms with Gasteiger partial charge in [-0.3, -0.25) is 14.4 Å².